The van der Waals surface area contributed by atoms with Crippen LogP contribution < -0.4 is 0 Å². The molecule has 7 rings (SSSR count). The van der Waals surface area contributed by atoms with Gasteiger partial charge in [0.1, 0.15) is 0 Å². The topological polar surface area (TPSA) is 0 Å². The van der Waals surface area contributed by atoms with Crippen LogP contribution >= 0.6 is 0 Å². The van der Waals surface area contributed by atoms with Crippen molar-refractivity contribution in [2.24, 2.45) is 0 Å². The molecule has 154 valence electrons. The summed E-state index contributed by atoms with van der Waals surface area (Å²) in [6.45, 7) is 0. The van der Waals surface area contributed by atoms with E-state index in [1.165, 1.54) is 63.1 Å². The van der Waals surface area contributed by atoms with Crippen molar-refractivity contribution in [2.45, 2.75) is 0 Å². The van der Waals surface area contributed by atoms with Crippen molar-refractivity contribution in [3.8, 4) is 21.1 Å². The Bertz CT molecular complexity index is 1750. The zero-order chi connectivity index (χ0) is 21.8. The van der Waals surface area contributed by atoms with Crippen LogP contribution in [-0.4, -0.2) is 14.5 Å². The number of hydrogen-bond acceptors (Lipinski definition) is 0. The van der Waals surface area contributed by atoms with Crippen LogP contribution in [0.5, 0.6) is 0 Å². The van der Waals surface area contributed by atoms with Gasteiger partial charge in [0.25, 0.3) is 0 Å². The number of rotatable bonds is 2. The summed E-state index contributed by atoms with van der Waals surface area (Å²) in [6.07, 6.45) is 0. The van der Waals surface area contributed by atoms with E-state index in [2.05, 4.69) is 121 Å². The first-order chi connectivity index (χ1) is 16.3. The third-order valence-corrected chi connectivity index (χ3v) is 9.09. The normalized spacial score (nSPS) is 11.6. The van der Waals surface area contributed by atoms with E-state index in [1.54, 1.807) is 0 Å². The molecule has 0 radical (unpaired) electrons. The first-order valence-electron chi connectivity index (χ1n) is 11.3. The Morgan fingerprint density at radius 1 is 0.364 bits per heavy atom. The number of benzene rings is 6. The molecule has 0 aliphatic heterocycles. The number of hydrogen-bond donors (Lipinski definition) is 0. The molecule has 0 nitrogen and oxygen atoms in total. The van der Waals surface area contributed by atoms with Gasteiger partial charge < -0.3 is 0 Å². The molecule has 1 heterocycles. The van der Waals surface area contributed by atoms with Crippen molar-refractivity contribution in [3.63, 3.8) is 0 Å². The van der Waals surface area contributed by atoms with E-state index in [4.69, 9.17) is 0 Å². The summed E-state index contributed by atoms with van der Waals surface area (Å²) in [6, 6.07) is 44.7. The van der Waals surface area contributed by atoms with Crippen molar-refractivity contribution in [1.29, 1.82) is 0 Å². The second kappa shape index (κ2) is 7.46. The fraction of sp³-hybridized carbons (Fsp3) is 0. The minimum atomic E-state index is 0.369. The van der Waals surface area contributed by atoms with Gasteiger partial charge in [-0.1, -0.05) is 0 Å². The van der Waals surface area contributed by atoms with E-state index in [0.717, 1.165) is 0 Å². The number of fused-ring (bicyclic) bond motifs is 7. The Kier molecular flexibility index (Phi) is 4.27. The van der Waals surface area contributed by atoms with Gasteiger partial charge in [0, 0.05) is 0 Å². The summed E-state index contributed by atoms with van der Waals surface area (Å²) in [4.78, 5) is 0. The summed E-state index contributed by atoms with van der Waals surface area (Å²) < 4.78 is 2.94. The predicted octanol–water partition coefficient (Wildman–Crippen LogP) is 8.69. The summed E-state index contributed by atoms with van der Waals surface area (Å²) in [5, 5.41) is 9.31. The Morgan fingerprint density at radius 3 is 1.67 bits per heavy atom. The van der Waals surface area contributed by atoms with E-state index in [-0.39, 0.29) is 0 Å². The van der Waals surface area contributed by atoms with Crippen LogP contribution in [0, 0.1) is 0 Å². The summed E-state index contributed by atoms with van der Waals surface area (Å²) >= 11 is 0.369. The molecule has 0 N–H and O–H groups in total. The van der Waals surface area contributed by atoms with Crippen LogP contribution in [0.4, 0.5) is 0 Å². The SMILES string of the molecule is c1cc(-c2ccc3c4ccccc4c4ccccc4c3c2)cc(-c2cc3ccccc3[se]2)c1. The molecule has 1 heteroatoms. The average Bonchev–Trinajstić information content (AvgIpc) is 3.33. The van der Waals surface area contributed by atoms with Gasteiger partial charge in [-0.05, 0) is 0 Å². The zero-order valence-electron chi connectivity index (χ0n) is 18.0. The van der Waals surface area contributed by atoms with Crippen LogP contribution in [0.3, 0.4) is 0 Å². The quantitative estimate of drug-likeness (QED) is 0.170. The first kappa shape index (κ1) is 18.9. The summed E-state index contributed by atoms with van der Waals surface area (Å²) in [5.41, 5.74) is 3.89. The molecule has 0 saturated carbocycles. The zero-order valence-corrected chi connectivity index (χ0v) is 19.7. The van der Waals surface area contributed by atoms with Crippen molar-refractivity contribution in [1.82, 2.24) is 0 Å². The Balaban J connectivity index is 1.44. The Labute approximate surface area is 198 Å². The molecule has 0 spiro atoms. The third kappa shape index (κ3) is 3.05. The van der Waals surface area contributed by atoms with Gasteiger partial charge in [-0.15, -0.1) is 0 Å². The van der Waals surface area contributed by atoms with Gasteiger partial charge in [0.2, 0.25) is 0 Å². The fourth-order valence-corrected chi connectivity index (χ4v) is 7.29. The van der Waals surface area contributed by atoms with Crippen molar-refractivity contribution < 1.29 is 0 Å². The second-order valence-electron chi connectivity index (χ2n) is 8.58. The van der Waals surface area contributed by atoms with Crippen molar-refractivity contribution >= 4 is 56.5 Å². The maximum atomic E-state index is 2.38. The Hall–Kier alpha value is -3.64. The molecular weight excluding hydrogens is 463 g/mol. The monoisotopic (exact) mass is 484 g/mol. The van der Waals surface area contributed by atoms with Crippen LogP contribution in [0.15, 0.2) is 121 Å². The molecular formula is C32H20Se. The van der Waals surface area contributed by atoms with Gasteiger partial charge in [0.05, 0.1) is 0 Å². The van der Waals surface area contributed by atoms with Gasteiger partial charge in [-0.3, -0.25) is 0 Å². The maximum absolute atomic E-state index is 2.38. The van der Waals surface area contributed by atoms with Gasteiger partial charge in [-0.25, -0.2) is 0 Å². The molecule has 7 aromatic rings. The molecule has 0 fully saturated rings. The average molecular weight is 483 g/mol. The van der Waals surface area contributed by atoms with Crippen molar-refractivity contribution in [3.05, 3.63) is 121 Å². The van der Waals surface area contributed by atoms with E-state index in [1.807, 2.05) is 0 Å². The van der Waals surface area contributed by atoms with E-state index in [9.17, 15) is 0 Å². The molecule has 0 amide bonds. The molecule has 0 atom stereocenters. The van der Waals surface area contributed by atoms with E-state index < -0.39 is 0 Å². The van der Waals surface area contributed by atoms with Gasteiger partial charge in [0.15, 0.2) is 0 Å². The van der Waals surface area contributed by atoms with Crippen LogP contribution in [-0.2, 0) is 0 Å². The van der Waals surface area contributed by atoms with E-state index >= 15 is 0 Å². The standard InChI is InChI=1S/C32H20Se/c1-6-15-31-24(8-1)20-32(33-31)23-10-7-9-21(18-23)22-16-17-29-27-13-3-2-11-25(27)26-12-4-5-14-28(26)30(29)19-22/h1-20H. The molecule has 0 aliphatic rings. The molecule has 0 saturated heterocycles. The van der Waals surface area contributed by atoms with E-state index in [0.29, 0.717) is 14.5 Å². The molecule has 0 bridgehead atoms. The molecule has 1 aromatic heterocycles. The molecule has 0 unspecified atom stereocenters. The summed E-state index contributed by atoms with van der Waals surface area (Å²) in [7, 11) is 0. The Morgan fingerprint density at radius 2 is 0.939 bits per heavy atom. The molecule has 0 aliphatic carbocycles. The second-order valence-corrected chi connectivity index (χ2v) is 10.9. The predicted molar refractivity (Wildman–Crippen MR) is 144 cm³/mol. The molecule has 6 aromatic carbocycles. The molecule has 33 heavy (non-hydrogen) atoms. The first-order valence-corrected chi connectivity index (χ1v) is 13.0. The van der Waals surface area contributed by atoms with Gasteiger partial charge >= 0.3 is 199 Å². The van der Waals surface area contributed by atoms with Crippen LogP contribution in [0.25, 0.3) is 63.1 Å². The third-order valence-electron chi connectivity index (χ3n) is 6.65. The summed E-state index contributed by atoms with van der Waals surface area (Å²) in [5.74, 6) is 0. The fourth-order valence-electron chi connectivity index (χ4n) is 5.06. The van der Waals surface area contributed by atoms with Gasteiger partial charge in [-0.2, -0.15) is 0 Å². The minimum absolute atomic E-state index is 0.369. The van der Waals surface area contributed by atoms with Crippen molar-refractivity contribution in [2.75, 3.05) is 0 Å². The van der Waals surface area contributed by atoms with Crippen LogP contribution in [0.1, 0.15) is 0 Å². The van der Waals surface area contributed by atoms with Crippen LogP contribution in [0.2, 0.25) is 0 Å².